The van der Waals surface area contributed by atoms with Gasteiger partial charge in [0.1, 0.15) is 0 Å². The molecule has 0 aliphatic rings. The van der Waals surface area contributed by atoms with Crippen LogP contribution >= 0.6 is 0 Å². The predicted molar refractivity (Wildman–Crippen MR) is 70.1 cm³/mol. The minimum atomic E-state index is -0.940. The number of aromatic nitrogens is 2. The van der Waals surface area contributed by atoms with Crippen molar-refractivity contribution in [2.45, 2.75) is 13.8 Å². The summed E-state index contributed by atoms with van der Waals surface area (Å²) in [6.45, 7) is 5.78. The van der Waals surface area contributed by atoms with Crippen molar-refractivity contribution in [3.05, 3.63) is 30.0 Å². The van der Waals surface area contributed by atoms with E-state index < -0.39 is 5.97 Å². The van der Waals surface area contributed by atoms with Gasteiger partial charge in [-0.05, 0) is 32.0 Å². The lowest BCUT2D eigenvalue weighted by Gasteiger charge is -2.18. The topological polar surface area (TPSA) is 66.3 Å². The lowest BCUT2D eigenvalue weighted by molar-refractivity contribution is 0.0697. The van der Waals surface area contributed by atoms with E-state index in [1.54, 1.807) is 24.4 Å². The third kappa shape index (κ3) is 2.25. The Hall–Kier alpha value is -2.17. The predicted octanol–water partition coefficient (Wildman–Crippen LogP) is 2.17. The molecular formula is C13H15N3O2. The van der Waals surface area contributed by atoms with Crippen LogP contribution in [0.2, 0.25) is 0 Å². The number of carboxylic acid groups (broad SMARTS) is 1. The molecule has 0 saturated carbocycles. The monoisotopic (exact) mass is 245 g/mol. The fraction of sp³-hybridized carbons (Fsp3) is 0.308. The van der Waals surface area contributed by atoms with E-state index in [1.807, 2.05) is 18.7 Å². The Morgan fingerprint density at radius 1 is 1.33 bits per heavy atom. The zero-order valence-electron chi connectivity index (χ0n) is 10.4. The minimum absolute atomic E-state index is 0.252. The number of rotatable bonds is 4. The molecule has 2 rings (SSSR count). The molecule has 18 heavy (non-hydrogen) atoms. The van der Waals surface area contributed by atoms with Gasteiger partial charge in [-0.25, -0.2) is 14.8 Å². The highest BCUT2D eigenvalue weighted by molar-refractivity contribution is 5.93. The molecular weight excluding hydrogens is 230 g/mol. The average molecular weight is 245 g/mol. The summed E-state index contributed by atoms with van der Waals surface area (Å²) in [7, 11) is 0. The molecule has 1 N–H and O–H groups in total. The highest BCUT2D eigenvalue weighted by atomic mass is 16.4. The number of carboxylic acids is 1. The van der Waals surface area contributed by atoms with Crippen molar-refractivity contribution in [1.82, 2.24) is 9.97 Å². The first-order valence-corrected chi connectivity index (χ1v) is 5.90. The van der Waals surface area contributed by atoms with E-state index in [2.05, 4.69) is 9.97 Å². The van der Waals surface area contributed by atoms with Crippen LogP contribution in [0.4, 0.5) is 5.95 Å². The number of hydrogen-bond acceptors (Lipinski definition) is 4. The molecule has 0 aliphatic carbocycles. The zero-order chi connectivity index (χ0) is 13.1. The summed E-state index contributed by atoms with van der Waals surface area (Å²) in [4.78, 5) is 21.6. The van der Waals surface area contributed by atoms with E-state index in [9.17, 15) is 4.79 Å². The van der Waals surface area contributed by atoms with E-state index in [0.717, 1.165) is 24.0 Å². The third-order valence-corrected chi connectivity index (χ3v) is 2.86. The standard InChI is InChI=1S/C13H15N3O2/c1-3-16(4-2)13-14-8-10-7-9(12(17)18)5-6-11(10)15-13/h5-8H,3-4H2,1-2H3,(H,17,18). The number of hydrogen-bond donors (Lipinski definition) is 1. The van der Waals surface area contributed by atoms with E-state index in [4.69, 9.17) is 5.11 Å². The van der Waals surface area contributed by atoms with Crippen LogP contribution < -0.4 is 4.90 Å². The van der Waals surface area contributed by atoms with Crippen molar-refractivity contribution < 1.29 is 9.90 Å². The van der Waals surface area contributed by atoms with Crippen molar-refractivity contribution in [3.63, 3.8) is 0 Å². The molecule has 1 aromatic heterocycles. The molecule has 1 heterocycles. The highest BCUT2D eigenvalue weighted by Gasteiger charge is 2.08. The molecule has 0 unspecified atom stereocenters. The maximum atomic E-state index is 10.9. The third-order valence-electron chi connectivity index (χ3n) is 2.86. The van der Waals surface area contributed by atoms with Gasteiger partial charge in [0.15, 0.2) is 0 Å². The van der Waals surface area contributed by atoms with Crippen LogP contribution in [0.5, 0.6) is 0 Å². The van der Waals surface area contributed by atoms with Crippen molar-refractivity contribution in [2.24, 2.45) is 0 Å². The van der Waals surface area contributed by atoms with Gasteiger partial charge in [-0.2, -0.15) is 0 Å². The number of aromatic carboxylic acids is 1. The first-order chi connectivity index (χ1) is 8.65. The SMILES string of the molecule is CCN(CC)c1ncc2cc(C(=O)O)ccc2n1. The second-order valence-electron chi connectivity index (χ2n) is 3.92. The van der Waals surface area contributed by atoms with Crippen molar-refractivity contribution >= 4 is 22.8 Å². The smallest absolute Gasteiger partial charge is 0.335 e. The van der Waals surface area contributed by atoms with Crippen LogP contribution in [0.3, 0.4) is 0 Å². The fourth-order valence-corrected chi connectivity index (χ4v) is 1.82. The summed E-state index contributed by atoms with van der Waals surface area (Å²) in [5.41, 5.74) is 1.01. The highest BCUT2D eigenvalue weighted by Crippen LogP contribution is 2.16. The molecule has 5 nitrogen and oxygen atoms in total. The van der Waals surface area contributed by atoms with E-state index in [1.165, 1.54) is 0 Å². The second kappa shape index (κ2) is 5.00. The number of nitrogens with zero attached hydrogens (tertiary/aromatic N) is 3. The Labute approximate surface area is 105 Å². The van der Waals surface area contributed by atoms with Gasteiger partial charge >= 0.3 is 5.97 Å². The Balaban J connectivity index is 2.47. The van der Waals surface area contributed by atoms with Gasteiger partial charge in [0.2, 0.25) is 5.95 Å². The average Bonchev–Trinajstić information content (AvgIpc) is 2.39. The maximum Gasteiger partial charge on any atom is 0.335 e. The van der Waals surface area contributed by atoms with Gasteiger partial charge in [-0.15, -0.1) is 0 Å². The number of carbonyl (C=O) groups is 1. The van der Waals surface area contributed by atoms with E-state index in [0.29, 0.717) is 5.95 Å². The van der Waals surface area contributed by atoms with Gasteiger partial charge in [-0.3, -0.25) is 0 Å². The number of benzene rings is 1. The maximum absolute atomic E-state index is 10.9. The van der Waals surface area contributed by atoms with Crippen molar-refractivity contribution in [3.8, 4) is 0 Å². The largest absolute Gasteiger partial charge is 0.478 e. The Morgan fingerprint density at radius 3 is 2.67 bits per heavy atom. The molecule has 94 valence electrons. The van der Waals surface area contributed by atoms with Crippen LogP contribution in [0, 0.1) is 0 Å². The summed E-state index contributed by atoms with van der Waals surface area (Å²) in [6.07, 6.45) is 1.67. The van der Waals surface area contributed by atoms with Crippen LogP contribution in [0.15, 0.2) is 24.4 Å². The molecule has 2 aromatic rings. The summed E-state index contributed by atoms with van der Waals surface area (Å²) in [5.74, 6) is -0.264. The first kappa shape index (κ1) is 12.3. The fourth-order valence-electron chi connectivity index (χ4n) is 1.82. The molecule has 0 spiro atoms. The number of fused-ring (bicyclic) bond motifs is 1. The second-order valence-corrected chi connectivity index (χ2v) is 3.92. The Kier molecular flexibility index (Phi) is 3.41. The minimum Gasteiger partial charge on any atom is -0.478 e. The summed E-state index contributed by atoms with van der Waals surface area (Å²) >= 11 is 0. The van der Waals surface area contributed by atoms with Gasteiger partial charge in [0.05, 0.1) is 11.1 Å². The van der Waals surface area contributed by atoms with Gasteiger partial charge < -0.3 is 10.0 Å². The summed E-state index contributed by atoms with van der Waals surface area (Å²) in [6, 6.07) is 4.86. The molecule has 0 bridgehead atoms. The zero-order valence-corrected chi connectivity index (χ0v) is 10.4. The van der Waals surface area contributed by atoms with E-state index >= 15 is 0 Å². The molecule has 1 aromatic carbocycles. The molecule has 5 heteroatoms. The van der Waals surface area contributed by atoms with Crippen LogP contribution in [0.25, 0.3) is 10.9 Å². The first-order valence-electron chi connectivity index (χ1n) is 5.90. The quantitative estimate of drug-likeness (QED) is 0.894. The van der Waals surface area contributed by atoms with Gasteiger partial charge in [-0.1, -0.05) is 0 Å². The van der Waals surface area contributed by atoms with Crippen LogP contribution in [-0.4, -0.2) is 34.1 Å². The molecule has 0 atom stereocenters. The molecule has 0 saturated heterocycles. The van der Waals surface area contributed by atoms with Gasteiger partial charge in [0.25, 0.3) is 0 Å². The Bertz CT molecular complexity index is 579. The summed E-state index contributed by atoms with van der Waals surface area (Å²) in [5, 5.41) is 9.66. The normalized spacial score (nSPS) is 10.6. The number of anilines is 1. The molecule has 0 radical (unpaired) electrons. The molecule has 0 aliphatic heterocycles. The van der Waals surface area contributed by atoms with Gasteiger partial charge in [0, 0.05) is 24.7 Å². The van der Waals surface area contributed by atoms with Crippen molar-refractivity contribution in [1.29, 1.82) is 0 Å². The molecule has 0 amide bonds. The van der Waals surface area contributed by atoms with Crippen LogP contribution in [-0.2, 0) is 0 Å². The van der Waals surface area contributed by atoms with E-state index in [-0.39, 0.29) is 5.56 Å². The van der Waals surface area contributed by atoms with Crippen LogP contribution in [0.1, 0.15) is 24.2 Å². The lowest BCUT2D eigenvalue weighted by Crippen LogP contribution is -2.24. The Morgan fingerprint density at radius 2 is 2.06 bits per heavy atom. The summed E-state index contributed by atoms with van der Waals surface area (Å²) < 4.78 is 0. The molecule has 0 fully saturated rings. The lowest BCUT2D eigenvalue weighted by atomic mass is 10.1. The van der Waals surface area contributed by atoms with Crippen molar-refractivity contribution in [2.75, 3.05) is 18.0 Å².